The summed E-state index contributed by atoms with van der Waals surface area (Å²) < 4.78 is 16.5. The molecule has 0 aliphatic heterocycles. The van der Waals surface area contributed by atoms with Crippen LogP contribution in [-0.4, -0.2) is 25.1 Å². The fourth-order valence-corrected chi connectivity index (χ4v) is 3.22. The number of carbonyl (C=O) groups is 1. The van der Waals surface area contributed by atoms with Crippen LogP contribution in [0, 0.1) is 13.8 Å². The lowest BCUT2D eigenvalue weighted by molar-refractivity contribution is 0.0950. The number of aromatic nitrogens is 1. The summed E-state index contributed by atoms with van der Waals surface area (Å²) in [4.78, 5) is 16.8. The average Bonchev–Trinajstić information content (AvgIpc) is 2.77. The normalized spacial score (nSPS) is 10.4. The maximum Gasteiger partial charge on any atom is 0.251 e. The van der Waals surface area contributed by atoms with Crippen LogP contribution >= 0.6 is 0 Å². The molecule has 0 spiro atoms. The molecule has 6 nitrogen and oxygen atoms in total. The van der Waals surface area contributed by atoms with E-state index in [-0.39, 0.29) is 5.91 Å². The average molecular weight is 406 g/mol. The van der Waals surface area contributed by atoms with E-state index in [1.54, 1.807) is 26.6 Å². The van der Waals surface area contributed by atoms with Gasteiger partial charge in [-0.1, -0.05) is 12.1 Å². The van der Waals surface area contributed by atoms with E-state index in [2.05, 4.69) is 10.3 Å². The fraction of sp³-hybridized carbons (Fsp3) is 0.250. The molecule has 1 N–H and O–H groups in total. The minimum Gasteiger partial charge on any atom is -0.493 e. The van der Waals surface area contributed by atoms with Crippen LogP contribution in [0.25, 0.3) is 0 Å². The largest absolute Gasteiger partial charge is 0.493 e. The highest BCUT2D eigenvalue weighted by atomic mass is 16.5. The van der Waals surface area contributed by atoms with Crippen molar-refractivity contribution in [3.05, 3.63) is 82.7 Å². The Hall–Kier alpha value is -3.54. The Bertz CT molecular complexity index is 996. The molecule has 156 valence electrons. The van der Waals surface area contributed by atoms with Crippen molar-refractivity contribution in [1.29, 1.82) is 0 Å². The van der Waals surface area contributed by atoms with Gasteiger partial charge in [0.1, 0.15) is 12.4 Å². The van der Waals surface area contributed by atoms with E-state index >= 15 is 0 Å². The molecule has 0 saturated carbocycles. The van der Waals surface area contributed by atoms with Gasteiger partial charge < -0.3 is 19.5 Å². The van der Waals surface area contributed by atoms with E-state index in [1.807, 2.05) is 56.3 Å². The highest BCUT2D eigenvalue weighted by molar-refractivity contribution is 5.94. The second-order valence-corrected chi connectivity index (χ2v) is 6.96. The summed E-state index contributed by atoms with van der Waals surface area (Å²) in [5, 5.41) is 2.95. The van der Waals surface area contributed by atoms with Crippen molar-refractivity contribution in [2.24, 2.45) is 0 Å². The van der Waals surface area contributed by atoms with Crippen molar-refractivity contribution in [3.8, 4) is 17.2 Å². The molecule has 0 fully saturated rings. The Morgan fingerprint density at radius 2 is 1.70 bits per heavy atom. The van der Waals surface area contributed by atoms with Crippen LogP contribution in [0.2, 0.25) is 0 Å². The molecular weight excluding hydrogens is 380 g/mol. The molecule has 0 bridgehead atoms. The van der Waals surface area contributed by atoms with Crippen LogP contribution in [0.15, 0.2) is 54.9 Å². The number of methoxy groups -OCH3 is 2. The van der Waals surface area contributed by atoms with Crippen LogP contribution in [0.4, 0.5) is 0 Å². The van der Waals surface area contributed by atoms with E-state index in [0.717, 1.165) is 28.0 Å². The van der Waals surface area contributed by atoms with Crippen LogP contribution in [0.3, 0.4) is 0 Å². The molecular formula is C24H26N2O4. The smallest absolute Gasteiger partial charge is 0.251 e. The van der Waals surface area contributed by atoms with Gasteiger partial charge in [-0.2, -0.15) is 0 Å². The minimum atomic E-state index is -0.144. The number of nitrogens with zero attached hydrogens (tertiary/aromatic N) is 1. The van der Waals surface area contributed by atoms with Gasteiger partial charge in [0, 0.05) is 30.1 Å². The van der Waals surface area contributed by atoms with Crippen molar-refractivity contribution < 1.29 is 19.0 Å². The standard InChI is InChI=1S/C24H26N2O4/c1-16-10-20(11-17(2)23(16)30-15-19-6-5-9-25-13-19)24(27)26-14-18-7-8-21(28-3)22(12-18)29-4/h5-13H,14-15H2,1-4H3,(H,26,27). The zero-order valence-corrected chi connectivity index (χ0v) is 17.7. The van der Waals surface area contributed by atoms with Crippen molar-refractivity contribution in [2.75, 3.05) is 14.2 Å². The summed E-state index contributed by atoms with van der Waals surface area (Å²) in [7, 11) is 3.18. The number of ether oxygens (including phenoxy) is 3. The molecule has 6 heteroatoms. The van der Waals surface area contributed by atoms with Crippen molar-refractivity contribution >= 4 is 5.91 Å². The maximum atomic E-state index is 12.7. The molecule has 0 unspecified atom stereocenters. The van der Waals surface area contributed by atoms with Gasteiger partial charge in [-0.25, -0.2) is 0 Å². The first-order chi connectivity index (χ1) is 14.5. The van der Waals surface area contributed by atoms with Gasteiger partial charge in [-0.05, 0) is 60.9 Å². The monoisotopic (exact) mass is 406 g/mol. The summed E-state index contributed by atoms with van der Waals surface area (Å²) in [6.07, 6.45) is 3.51. The topological polar surface area (TPSA) is 69.7 Å². The third kappa shape index (κ3) is 5.08. The van der Waals surface area contributed by atoms with Crippen LogP contribution in [0.1, 0.15) is 32.6 Å². The lowest BCUT2D eigenvalue weighted by Gasteiger charge is -2.14. The first kappa shape index (κ1) is 21.2. The van der Waals surface area contributed by atoms with Gasteiger partial charge in [-0.3, -0.25) is 9.78 Å². The number of nitrogens with one attached hydrogen (secondary N) is 1. The van der Waals surface area contributed by atoms with E-state index in [0.29, 0.717) is 30.2 Å². The lowest BCUT2D eigenvalue weighted by Crippen LogP contribution is -2.23. The second-order valence-electron chi connectivity index (χ2n) is 6.96. The quantitative estimate of drug-likeness (QED) is 0.606. The van der Waals surface area contributed by atoms with Crippen LogP contribution in [0.5, 0.6) is 17.2 Å². The fourth-order valence-electron chi connectivity index (χ4n) is 3.22. The Morgan fingerprint density at radius 3 is 2.33 bits per heavy atom. The number of rotatable bonds is 8. The lowest BCUT2D eigenvalue weighted by atomic mass is 10.0. The molecule has 0 radical (unpaired) electrons. The van der Waals surface area contributed by atoms with Gasteiger partial charge in [-0.15, -0.1) is 0 Å². The number of amides is 1. The predicted molar refractivity (Wildman–Crippen MR) is 115 cm³/mol. The van der Waals surface area contributed by atoms with E-state index in [1.165, 1.54) is 0 Å². The third-order valence-corrected chi connectivity index (χ3v) is 4.73. The molecule has 1 aromatic heterocycles. The summed E-state index contributed by atoms with van der Waals surface area (Å²) in [6.45, 7) is 4.70. The molecule has 1 amide bonds. The van der Waals surface area contributed by atoms with Crippen molar-refractivity contribution in [3.63, 3.8) is 0 Å². The number of benzene rings is 2. The molecule has 3 aromatic rings. The summed E-state index contributed by atoms with van der Waals surface area (Å²) in [5.41, 5.74) is 4.34. The molecule has 0 saturated heterocycles. The third-order valence-electron chi connectivity index (χ3n) is 4.73. The highest BCUT2D eigenvalue weighted by Gasteiger charge is 2.13. The first-order valence-corrected chi connectivity index (χ1v) is 9.64. The number of hydrogen-bond acceptors (Lipinski definition) is 5. The zero-order valence-electron chi connectivity index (χ0n) is 17.7. The molecule has 1 heterocycles. The van der Waals surface area contributed by atoms with Crippen molar-refractivity contribution in [1.82, 2.24) is 10.3 Å². The molecule has 3 rings (SSSR count). The second kappa shape index (κ2) is 9.78. The van der Waals surface area contributed by atoms with Gasteiger partial charge in [0.05, 0.1) is 14.2 Å². The molecule has 30 heavy (non-hydrogen) atoms. The van der Waals surface area contributed by atoms with Crippen LogP contribution in [-0.2, 0) is 13.2 Å². The van der Waals surface area contributed by atoms with Gasteiger partial charge in [0.2, 0.25) is 0 Å². The summed E-state index contributed by atoms with van der Waals surface area (Å²) in [5.74, 6) is 1.93. The van der Waals surface area contributed by atoms with Crippen molar-refractivity contribution in [2.45, 2.75) is 27.0 Å². The zero-order chi connectivity index (χ0) is 21.5. The number of hydrogen-bond donors (Lipinski definition) is 1. The maximum absolute atomic E-state index is 12.7. The van der Waals surface area contributed by atoms with E-state index in [4.69, 9.17) is 14.2 Å². The number of carbonyl (C=O) groups excluding carboxylic acids is 1. The van der Waals surface area contributed by atoms with Gasteiger partial charge >= 0.3 is 0 Å². The van der Waals surface area contributed by atoms with E-state index in [9.17, 15) is 4.79 Å². The summed E-state index contributed by atoms with van der Waals surface area (Å²) >= 11 is 0. The highest BCUT2D eigenvalue weighted by Crippen LogP contribution is 2.28. The molecule has 0 aliphatic carbocycles. The molecule has 0 atom stereocenters. The number of pyridine rings is 1. The van der Waals surface area contributed by atoms with Gasteiger partial charge in [0.15, 0.2) is 11.5 Å². The minimum absolute atomic E-state index is 0.144. The van der Waals surface area contributed by atoms with Gasteiger partial charge in [0.25, 0.3) is 5.91 Å². The molecule has 0 aliphatic rings. The number of aryl methyl sites for hydroxylation is 2. The Morgan fingerprint density at radius 1 is 0.967 bits per heavy atom. The summed E-state index contributed by atoms with van der Waals surface area (Å²) in [6, 6.07) is 13.1. The van der Waals surface area contributed by atoms with E-state index < -0.39 is 0 Å². The Balaban J connectivity index is 1.66. The van der Waals surface area contributed by atoms with Crippen LogP contribution < -0.4 is 19.5 Å². The Labute approximate surface area is 176 Å². The SMILES string of the molecule is COc1ccc(CNC(=O)c2cc(C)c(OCc3cccnc3)c(C)c2)cc1OC. The first-order valence-electron chi connectivity index (χ1n) is 9.64. The Kier molecular flexibility index (Phi) is 6.91. The predicted octanol–water partition coefficient (Wildman–Crippen LogP) is 4.22. The molecule has 2 aromatic carbocycles.